The maximum atomic E-state index is 5.92. The molecule has 1 aliphatic heterocycles. The van der Waals surface area contributed by atoms with E-state index in [2.05, 4.69) is 69.8 Å². The van der Waals surface area contributed by atoms with Crippen LogP contribution in [-0.2, 0) is 17.6 Å². The highest BCUT2D eigenvalue weighted by molar-refractivity contribution is 7.17. The van der Waals surface area contributed by atoms with Gasteiger partial charge in [-0.05, 0) is 59.8 Å². The second kappa shape index (κ2) is 10.9. The Morgan fingerprint density at radius 1 is 0.759 bits per heavy atom. The molecular formula is C25H32N2OS. The molecule has 0 amide bonds. The zero-order valence-electron chi connectivity index (χ0n) is 17.3. The second-order valence-electron chi connectivity index (χ2n) is 7.93. The average Bonchev–Trinajstić information content (AvgIpc) is 3.23. The number of benzene rings is 2. The molecular weight excluding hydrogens is 376 g/mol. The summed E-state index contributed by atoms with van der Waals surface area (Å²) in [5, 5.41) is 3.52. The molecule has 1 aliphatic rings. The van der Waals surface area contributed by atoms with Gasteiger partial charge in [-0.2, -0.15) is 0 Å². The highest BCUT2D eigenvalue weighted by Gasteiger charge is 2.16. The summed E-state index contributed by atoms with van der Waals surface area (Å²) in [6, 6.07) is 19.8. The first kappa shape index (κ1) is 20.5. The van der Waals surface area contributed by atoms with E-state index in [1.807, 2.05) is 0 Å². The number of rotatable bonds is 10. The van der Waals surface area contributed by atoms with Crippen molar-refractivity contribution in [3.8, 4) is 0 Å². The Bertz CT molecular complexity index is 855. The molecule has 1 aromatic heterocycles. The van der Waals surface area contributed by atoms with Gasteiger partial charge in [0.2, 0.25) is 0 Å². The highest BCUT2D eigenvalue weighted by atomic mass is 32.1. The second-order valence-corrected chi connectivity index (χ2v) is 8.88. The normalized spacial score (nSPS) is 15.9. The van der Waals surface area contributed by atoms with Crippen molar-refractivity contribution in [3.05, 3.63) is 71.1 Å². The van der Waals surface area contributed by atoms with Gasteiger partial charge in [0.05, 0.1) is 13.2 Å². The lowest BCUT2D eigenvalue weighted by Crippen LogP contribution is -2.47. The van der Waals surface area contributed by atoms with Crippen molar-refractivity contribution in [3.63, 3.8) is 0 Å². The molecule has 2 heterocycles. The van der Waals surface area contributed by atoms with E-state index >= 15 is 0 Å². The summed E-state index contributed by atoms with van der Waals surface area (Å²) in [6.45, 7) is 8.65. The van der Waals surface area contributed by atoms with Gasteiger partial charge in [0.1, 0.15) is 0 Å². The number of fused-ring (bicyclic) bond motifs is 1. The molecule has 29 heavy (non-hydrogen) atoms. The standard InChI is InChI=1S/C25H32N2OS/c1-2-5-22(6-3-1)7-4-12-26-13-15-27(16-14-26)17-19-28-18-10-23-8-9-25-24(21-23)11-20-29-25/h1-3,5-6,8-9,11,20-21H,4,7,10,12-19H2. The van der Waals surface area contributed by atoms with Gasteiger partial charge in [0.25, 0.3) is 0 Å². The zero-order valence-corrected chi connectivity index (χ0v) is 18.1. The Kier molecular flexibility index (Phi) is 7.71. The fraction of sp³-hybridized carbons (Fsp3) is 0.440. The summed E-state index contributed by atoms with van der Waals surface area (Å²) >= 11 is 1.81. The van der Waals surface area contributed by atoms with Crippen LogP contribution in [0, 0.1) is 0 Å². The topological polar surface area (TPSA) is 15.7 Å². The minimum atomic E-state index is 0.815. The van der Waals surface area contributed by atoms with Crippen molar-refractivity contribution in [1.82, 2.24) is 9.80 Å². The monoisotopic (exact) mass is 408 g/mol. The van der Waals surface area contributed by atoms with Crippen molar-refractivity contribution in [1.29, 1.82) is 0 Å². The lowest BCUT2D eigenvalue weighted by atomic mass is 10.1. The molecule has 0 aliphatic carbocycles. The highest BCUT2D eigenvalue weighted by Crippen LogP contribution is 2.21. The van der Waals surface area contributed by atoms with Gasteiger partial charge < -0.3 is 9.64 Å². The molecule has 2 aromatic carbocycles. The number of hydrogen-bond donors (Lipinski definition) is 0. The van der Waals surface area contributed by atoms with Gasteiger partial charge in [-0.3, -0.25) is 4.90 Å². The molecule has 1 saturated heterocycles. The Balaban J connectivity index is 1.05. The predicted octanol–water partition coefficient (Wildman–Crippen LogP) is 4.71. The van der Waals surface area contributed by atoms with Crippen LogP contribution in [0.2, 0.25) is 0 Å². The molecule has 0 N–H and O–H groups in total. The summed E-state index contributed by atoms with van der Waals surface area (Å²) in [5.74, 6) is 0. The number of hydrogen-bond acceptors (Lipinski definition) is 4. The largest absolute Gasteiger partial charge is 0.380 e. The molecule has 0 saturated carbocycles. The van der Waals surface area contributed by atoms with Gasteiger partial charge in [-0.1, -0.05) is 42.5 Å². The summed E-state index contributed by atoms with van der Waals surface area (Å²) in [6.07, 6.45) is 3.44. The van der Waals surface area contributed by atoms with Crippen molar-refractivity contribution in [2.24, 2.45) is 0 Å². The van der Waals surface area contributed by atoms with E-state index in [1.165, 1.54) is 66.8 Å². The molecule has 0 atom stereocenters. The van der Waals surface area contributed by atoms with Crippen LogP contribution in [0.3, 0.4) is 0 Å². The quantitative estimate of drug-likeness (QED) is 0.452. The van der Waals surface area contributed by atoms with Crippen LogP contribution < -0.4 is 0 Å². The van der Waals surface area contributed by atoms with Crippen LogP contribution in [0.4, 0.5) is 0 Å². The Morgan fingerprint density at radius 3 is 2.38 bits per heavy atom. The van der Waals surface area contributed by atoms with E-state index in [1.54, 1.807) is 11.3 Å². The molecule has 4 heteroatoms. The minimum absolute atomic E-state index is 0.815. The fourth-order valence-electron chi connectivity index (χ4n) is 4.05. The summed E-state index contributed by atoms with van der Waals surface area (Å²) in [4.78, 5) is 5.16. The lowest BCUT2D eigenvalue weighted by Gasteiger charge is -2.34. The van der Waals surface area contributed by atoms with Crippen molar-refractivity contribution >= 4 is 21.4 Å². The van der Waals surface area contributed by atoms with E-state index < -0.39 is 0 Å². The number of nitrogens with zero attached hydrogens (tertiary/aromatic N) is 2. The number of ether oxygens (including phenoxy) is 1. The smallest absolute Gasteiger partial charge is 0.0593 e. The molecule has 0 unspecified atom stereocenters. The molecule has 1 fully saturated rings. The third-order valence-corrected chi connectivity index (χ3v) is 6.75. The van der Waals surface area contributed by atoms with Gasteiger partial charge in [-0.15, -0.1) is 11.3 Å². The SMILES string of the molecule is c1ccc(CCCN2CCN(CCOCCc3ccc4sccc4c3)CC2)cc1. The van der Waals surface area contributed by atoms with E-state index in [4.69, 9.17) is 4.74 Å². The Hall–Kier alpha value is -1.72. The number of piperazine rings is 1. The van der Waals surface area contributed by atoms with Crippen LogP contribution in [0.5, 0.6) is 0 Å². The fourth-order valence-corrected chi connectivity index (χ4v) is 4.82. The first-order valence-electron chi connectivity index (χ1n) is 10.9. The van der Waals surface area contributed by atoms with Gasteiger partial charge in [0.15, 0.2) is 0 Å². The van der Waals surface area contributed by atoms with Gasteiger partial charge in [0, 0.05) is 37.4 Å². The molecule has 3 nitrogen and oxygen atoms in total. The van der Waals surface area contributed by atoms with E-state index in [9.17, 15) is 0 Å². The number of aryl methyl sites for hydroxylation is 1. The van der Waals surface area contributed by atoms with E-state index in [0.29, 0.717) is 0 Å². The third kappa shape index (κ3) is 6.38. The van der Waals surface area contributed by atoms with E-state index in [-0.39, 0.29) is 0 Å². The first-order valence-corrected chi connectivity index (χ1v) is 11.8. The van der Waals surface area contributed by atoms with Crippen LogP contribution in [-0.4, -0.2) is 62.3 Å². The van der Waals surface area contributed by atoms with Crippen LogP contribution >= 0.6 is 11.3 Å². The minimum Gasteiger partial charge on any atom is -0.380 e. The van der Waals surface area contributed by atoms with E-state index in [0.717, 1.165) is 26.2 Å². The predicted molar refractivity (Wildman–Crippen MR) is 124 cm³/mol. The maximum absolute atomic E-state index is 5.92. The van der Waals surface area contributed by atoms with Crippen molar-refractivity contribution in [2.75, 3.05) is 52.5 Å². The summed E-state index contributed by atoms with van der Waals surface area (Å²) in [7, 11) is 0. The maximum Gasteiger partial charge on any atom is 0.0593 e. The molecule has 0 bridgehead atoms. The Labute approximate surface area is 178 Å². The summed E-state index contributed by atoms with van der Waals surface area (Å²) < 4.78 is 7.29. The van der Waals surface area contributed by atoms with Gasteiger partial charge in [-0.25, -0.2) is 0 Å². The zero-order chi connectivity index (χ0) is 19.7. The molecule has 0 spiro atoms. The number of thiophene rings is 1. The molecule has 0 radical (unpaired) electrons. The molecule has 154 valence electrons. The lowest BCUT2D eigenvalue weighted by molar-refractivity contribution is 0.0765. The first-order chi connectivity index (χ1) is 14.4. The van der Waals surface area contributed by atoms with Crippen molar-refractivity contribution < 1.29 is 4.74 Å². The molecule has 3 aromatic rings. The van der Waals surface area contributed by atoms with Crippen molar-refractivity contribution in [2.45, 2.75) is 19.3 Å². The van der Waals surface area contributed by atoms with Crippen LogP contribution in [0.15, 0.2) is 60.0 Å². The molecule has 4 rings (SSSR count). The van der Waals surface area contributed by atoms with Gasteiger partial charge >= 0.3 is 0 Å². The summed E-state index contributed by atoms with van der Waals surface area (Å²) in [5.41, 5.74) is 2.83. The Morgan fingerprint density at radius 2 is 1.55 bits per heavy atom. The average molecular weight is 409 g/mol. The van der Waals surface area contributed by atoms with Crippen LogP contribution in [0.1, 0.15) is 17.5 Å². The van der Waals surface area contributed by atoms with Crippen LogP contribution in [0.25, 0.3) is 10.1 Å². The third-order valence-electron chi connectivity index (χ3n) is 5.85.